The molecule has 1 aromatic carbocycles. The van der Waals surface area contributed by atoms with E-state index >= 15 is 0 Å². The summed E-state index contributed by atoms with van der Waals surface area (Å²) in [6.07, 6.45) is 1.67. The second-order valence-corrected chi connectivity index (χ2v) is 7.00. The number of nitriles is 1. The first kappa shape index (κ1) is 16.2. The summed E-state index contributed by atoms with van der Waals surface area (Å²) >= 11 is 0. The van der Waals surface area contributed by atoms with Crippen LogP contribution in [0.1, 0.15) is 5.56 Å². The third-order valence-corrected chi connectivity index (χ3v) is 4.96. The van der Waals surface area contributed by atoms with Crippen LogP contribution in [-0.2, 0) is 10.0 Å². The van der Waals surface area contributed by atoms with Crippen molar-refractivity contribution in [1.82, 2.24) is 4.98 Å². The fourth-order valence-electron chi connectivity index (χ4n) is 2.85. The van der Waals surface area contributed by atoms with Crippen LogP contribution in [0.5, 0.6) is 0 Å². The largest absolute Gasteiger partial charge is 0.367 e. The molecule has 0 unspecified atom stereocenters. The van der Waals surface area contributed by atoms with Gasteiger partial charge in [0.2, 0.25) is 10.0 Å². The van der Waals surface area contributed by atoms with Crippen LogP contribution in [0, 0.1) is 11.3 Å². The summed E-state index contributed by atoms with van der Waals surface area (Å²) in [5.41, 5.74) is 1.15. The summed E-state index contributed by atoms with van der Waals surface area (Å²) in [5, 5.41) is 14.5. The lowest BCUT2D eigenvalue weighted by atomic mass is 10.2. The molecule has 7 nitrogen and oxygen atoms in total. The predicted molar refractivity (Wildman–Crippen MR) is 91.2 cm³/mol. The van der Waals surface area contributed by atoms with Gasteiger partial charge in [0.05, 0.1) is 11.3 Å². The first-order valence-corrected chi connectivity index (χ1v) is 9.02. The normalized spacial score (nSPS) is 15.2. The highest BCUT2D eigenvalue weighted by Gasteiger charge is 2.24. The topological polar surface area (TPSA) is 103 Å². The van der Waals surface area contributed by atoms with E-state index in [9.17, 15) is 13.7 Å². The zero-order chi connectivity index (χ0) is 17.2. The van der Waals surface area contributed by atoms with Crippen LogP contribution in [0.2, 0.25) is 0 Å². The molecule has 0 atom stereocenters. The van der Waals surface area contributed by atoms with Gasteiger partial charge in [-0.25, -0.2) is 18.5 Å². The highest BCUT2D eigenvalue weighted by atomic mass is 32.2. The molecule has 1 aliphatic rings. The lowest BCUT2D eigenvalue weighted by molar-refractivity contribution is 0.595. The first-order valence-electron chi connectivity index (χ1n) is 7.47. The molecule has 0 bridgehead atoms. The van der Waals surface area contributed by atoms with Crippen LogP contribution < -0.4 is 14.9 Å². The summed E-state index contributed by atoms with van der Waals surface area (Å²) in [6.45, 7) is 2.53. The van der Waals surface area contributed by atoms with Gasteiger partial charge in [0.15, 0.2) is 0 Å². The molecule has 2 N–H and O–H groups in total. The summed E-state index contributed by atoms with van der Waals surface area (Å²) in [7, 11) is -3.77. The predicted octanol–water partition coefficient (Wildman–Crippen LogP) is 0.927. The Morgan fingerprint density at radius 3 is 2.38 bits per heavy atom. The number of benzene rings is 1. The lowest BCUT2D eigenvalue weighted by Gasteiger charge is -2.37. The molecule has 8 heteroatoms. The van der Waals surface area contributed by atoms with Crippen LogP contribution in [-0.4, -0.2) is 39.6 Å². The van der Waals surface area contributed by atoms with E-state index in [1.807, 2.05) is 9.80 Å². The SMILES string of the molecule is N#Cc1cccnc1N1CCN(c2ccccc2S(N)(=O)=O)CC1. The maximum atomic E-state index is 11.8. The van der Waals surface area contributed by atoms with Gasteiger partial charge >= 0.3 is 0 Å². The summed E-state index contributed by atoms with van der Waals surface area (Å²) < 4.78 is 23.5. The van der Waals surface area contributed by atoms with Crippen molar-refractivity contribution >= 4 is 21.5 Å². The molecule has 2 heterocycles. The van der Waals surface area contributed by atoms with E-state index in [2.05, 4.69) is 11.1 Å². The Hall–Kier alpha value is -2.63. The standard InChI is InChI=1S/C16H17N5O2S/c17-12-13-4-3-7-19-16(13)21-10-8-20(9-11-21)14-5-1-2-6-15(14)24(18,22)23/h1-7H,8-11H2,(H2,18,22,23). The Kier molecular flexibility index (Phi) is 4.38. The molecule has 124 valence electrons. The van der Waals surface area contributed by atoms with Crippen molar-refractivity contribution in [3.8, 4) is 6.07 Å². The van der Waals surface area contributed by atoms with Gasteiger partial charge in [-0.1, -0.05) is 12.1 Å². The monoisotopic (exact) mass is 343 g/mol. The van der Waals surface area contributed by atoms with Gasteiger partial charge in [0.1, 0.15) is 16.8 Å². The molecule has 0 aliphatic carbocycles. The van der Waals surface area contributed by atoms with Crippen molar-refractivity contribution < 1.29 is 8.42 Å². The number of rotatable bonds is 3. The van der Waals surface area contributed by atoms with Crippen molar-refractivity contribution in [3.05, 3.63) is 48.2 Å². The minimum Gasteiger partial charge on any atom is -0.367 e. The highest BCUT2D eigenvalue weighted by molar-refractivity contribution is 7.89. The number of sulfonamides is 1. The maximum absolute atomic E-state index is 11.8. The maximum Gasteiger partial charge on any atom is 0.240 e. The Balaban J connectivity index is 1.81. The van der Waals surface area contributed by atoms with E-state index in [-0.39, 0.29) is 4.90 Å². The molecule has 1 aromatic heterocycles. The molecule has 0 saturated carbocycles. The van der Waals surface area contributed by atoms with Gasteiger partial charge < -0.3 is 9.80 Å². The molecular weight excluding hydrogens is 326 g/mol. The van der Waals surface area contributed by atoms with E-state index in [4.69, 9.17) is 5.14 Å². The van der Waals surface area contributed by atoms with Crippen molar-refractivity contribution in [2.24, 2.45) is 5.14 Å². The molecule has 0 amide bonds. The summed E-state index contributed by atoms with van der Waals surface area (Å²) in [6, 6.07) is 12.4. The minimum atomic E-state index is -3.77. The number of nitrogens with zero attached hydrogens (tertiary/aromatic N) is 4. The zero-order valence-electron chi connectivity index (χ0n) is 13.0. The van der Waals surface area contributed by atoms with Crippen LogP contribution in [0.3, 0.4) is 0 Å². The molecule has 0 radical (unpaired) electrons. The average molecular weight is 343 g/mol. The molecule has 24 heavy (non-hydrogen) atoms. The smallest absolute Gasteiger partial charge is 0.240 e. The highest BCUT2D eigenvalue weighted by Crippen LogP contribution is 2.26. The zero-order valence-corrected chi connectivity index (χ0v) is 13.8. The Morgan fingerprint density at radius 1 is 1.04 bits per heavy atom. The molecular formula is C16H17N5O2S. The molecule has 1 aliphatic heterocycles. The van der Waals surface area contributed by atoms with Gasteiger partial charge in [0.25, 0.3) is 0 Å². The summed E-state index contributed by atoms with van der Waals surface area (Å²) in [4.78, 5) is 8.46. The van der Waals surface area contributed by atoms with Crippen LogP contribution in [0.4, 0.5) is 11.5 Å². The number of anilines is 2. The third kappa shape index (κ3) is 3.18. The van der Waals surface area contributed by atoms with Crippen LogP contribution in [0.25, 0.3) is 0 Å². The van der Waals surface area contributed by atoms with Crippen molar-refractivity contribution in [1.29, 1.82) is 5.26 Å². The molecule has 2 aromatic rings. The molecule has 3 rings (SSSR count). The van der Waals surface area contributed by atoms with Crippen LogP contribution >= 0.6 is 0 Å². The fourth-order valence-corrected chi connectivity index (χ4v) is 3.61. The second kappa shape index (κ2) is 6.47. The Bertz CT molecular complexity index is 883. The van der Waals surface area contributed by atoms with Crippen LogP contribution in [0.15, 0.2) is 47.5 Å². The number of aromatic nitrogens is 1. The van der Waals surface area contributed by atoms with Gasteiger partial charge in [0, 0.05) is 32.4 Å². The van der Waals surface area contributed by atoms with E-state index < -0.39 is 10.0 Å². The quantitative estimate of drug-likeness (QED) is 0.889. The fraction of sp³-hybridized carbons (Fsp3) is 0.250. The lowest BCUT2D eigenvalue weighted by Crippen LogP contribution is -2.47. The first-order chi connectivity index (χ1) is 11.5. The van der Waals surface area contributed by atoms with Gasteiger partial charge in [-0.3, -0.25) is 0 Å². The second-order valence-electron chi connectivity index (χ2n) is 5.47. The summed E-state index contributed by atoms with van der Waals surface area (Å²) in [5.74, 6) is 0.666. The number of piperazine rings is 1. The Labute approximate surface area is 141 Å². The van der Waals surface area contributed by atoms with Crippen molar-refractivity contribution in [3.63, 3.8) is 0 Å². The molecule has 1 fully saturated rings. The number of hydrogen-bond donors (Lipinski definition) is 1. The Morgan fingerprint density at radius 2 is 1.71 bits per heavy atom. The van der Waals surface area contributed by atoms with E-state index in [0.29, 0.717) is 43.2 Å². The minimum absolute atomic E-state index is 0.133. The third-order valence-electron chi connectivity index (χ3n) is 4.00. The number of para-hydroxylation sites is 1. The molecule has 1 saturated heterocycles. The number of pyridine rings is 1. The van der Waals surface area contributed by atoms with Crippen molar-refractivity contribution in [2.45, 2.75) is 4.90 Å². The average Bonchev–Trinajstić information content (AvgIpc) is 2.61. The van der Waals surface area contributed by atoms with E-state index in [1.54, 1.807) is 36.5 Å². The van der Waals surface area contributed by atoms with Gasteiger partial charge in [-0.2, -0.15) is 5.26 Å². The molecule has 0 spiro atoms. The van der Waals surface area contributed by atoms with Gasteiger partial charge in [-0.15, -0.1) is 0 Å². The van der Waals surface area contributed by atoms with E-state index in [0.717, 1.165) is 0 Å². The number of primary sulfonamides is 1. The number of nitrogens with two attached hydrogens (primary N) is 1. The number of hydrogen-bond acceptors (Lipinski definition) is 6. The van der Waals surface area contributed by atoms with Gasteiger partial charge in [-0.05, 0) is 24.3 Å². The van der Waals surface area contributed by atoms with Crippen molar-refractivity contribution in [2.75, 3.05) is 36.0 Å². The van der Waals surface area contributed by atoms with E-state index in [1.165, 1.54) is 6.07 Å².